The van der Waals surface area contributed by atoms with Crippen LogP contribution in [-0.4, -0.2) is 0 Å². The van der Waals surface area contributed by atoms with E-state index in [1.54, 1.807) is 24.5 Å². The van der Waals surface area contributed by atoms with Gasteiger partial charge in [0.2, 0.25) is 0 Å². The molecule has 2 aromatic rings. The van der Waals surface area contributed by atoms with Crippen molar-refractivity contribution < 1.29 is 8.81 Å². The molecular weight excluding hydrogens is 322 g/mol. The standard InChI is InChI=1S/C12H11BrClFN2O/c13-12-9(3-4-18-12)11(17-16)5-7-1-2-8(14)6-10(7)15/h1-4,6,11,17H,5,16H2. The van der Waals surface area contributed by atoms with Crippen molar-refractivity contribution in [1.82, 2.24) is 5.43 Å². The quantitative estimate of drug-likeness (QED) is 0.664. The van der Waals surface area contributed by atoms with Crippen LogP contribution in [0.15, 0.2) is 39.6 Å². The number of benzene rings is 1. The van der Waals surface area contributed by atoms with Gasteiger partial charge < -0.3 is 4.42 Å². The molecule has 0 bridgehead atoms. The molecule has 96 valence electrons. The predicted molar refractivity (Wildman–Crippen MR) is 71.6 cm³/mol. The van der Waals surface area contributed by atoms with Crippen LogP contribution in [0.4, 0.5) is 4.39 Å². The van der Waals surface area contributed by atoms with Crippen LogP contribution < -0.4 is 11.3 Å². The van der Waals surface area contributed by atoms with Gasteiger partial charge in [-0.25, -0.2) is 4.39 Å². The van der Waals surface area contributed by atoms with Crippen LogP contribution in [0.5, 0.6) is 0 Å². The Kier molecular flexibility index (Phi) is 4.40. The van der Waals surface area contributed by atoms with Crippen molar-refractivity contribution >= 4 is 27.5 Å². The highest BCUT2D eigenvalue weighted by atomic mass is 79.9. The predicted octanol–water partition coefficient (Wildman–Crippen LogP) is 3.58. The summed E-state index contributed by atoms with van der Waals surface area (Å²) in [6.45, 7) is 0. The van der Waals surface area contributed by atoms with Crippen LogP contribution in [0.3, 0.4) is 0 Å². The molecule has 0 radical (unpaired) electrons. The van der Waals surface area contributed by atoms with Gasteiger partial charge >= 0.3 is 0 Å². The SMILES string of the molecule is NNC(Cc1ccc(Cl)cc1F)c1ccoc1Br. The van der Waals surface area contributed by atoms with Crippen molar-refractivity contribution in [2.45, 2.75) is 12.5 Å². The Morgan fingerprint density at radius 2 is 2.22 bits per heavy atom. The minimum Gasteiger partial charge on any atom is -0.457 e. The summed E-state index contributed by atoms with van der Waals surface area (Å²) in [5, 5.41) is 0.373. The fourth-order valence-electron chi connectivity index (χ4n) is 1.72. The number of rotatable bonds is 4. The zero-order chi connectivity index (χ0) is 13.1. The van der Waals surface area contributed by atoms with Gasteiger partial charge in [-0.15, -0.1) is 0 Å². The van der Waals surface area contributed by atoms with Crippen LogP contribution >= 0.6 is 27.5 Å². The second-order valence-corrected chi connectivity index (χ2v) is 4.97. The number of nitrogens with one attached hydrogen (secondary N) is 1. The first kappa shape index (κ1) is 13.5. The first-order valence-corrected chi connectivity index (χ1v) is 6.42. The Bertz CT molecular complexity index is 547. The third kappa shape index (κ3) is 2.92. The van der Waals surface area contributed by atoms with Gasteiger partial charge in [-0.2, -0.15) is 0 Å². The molecular formula is C12H11BrClFN2O. The Labute approximate surface area is 117 Å². The lowest BCUT2D eigenvalue weighted by Crippen LogP contribution is -2.29. The molecule has 0 saturated carbocycles. The average molecular weight is 334 g/mol. The van der Waals surface area contributed by atoms with E-state index < -0.39 is 0 Å². The summed E-state index contributed by atoms with van der Waals surface area (Å²) < 4.78 is 19.4. The van der Waals surface area contributed by atoms with Crippen molar-refractivity contribution in [1.29, 1.82) is 0 Å². The first-order valence-electron chi connectivity index (χ1n) is 5.24. The van der Waals surface area contributed by atoms with Gasteiger partial charge in [-0.05, 0) is 46.1 Å². The molecule has 1 atom stereocenters. The summed E-state index contributed by atoms with van der Waals surface area (Å²) in [4.78, 5) is 0. The second-order valence-electron chi connectivity index (χ2n) is 3.81. The average Bonchev–Trinajstić information content (AvgIpc) is 2.75. The zero-order valence-electron chi connectivity index (χ0n) is 9.29. The second kappa shape index (κ2) is 5.84. The molecule has 0 aliphatic rings. The molecule has 1 unspecified atom stereocenters. The molecule has 3 N–H and O–H groups in total. The highest BCUT2D eigenvalue weighted by Crippen LogP contribution is 2.27. The lowest BCUT2D eigenvalue weighted by atomic mass is 10.0. The van der Waals surface area contributed by atoms with Gasteiger partial charge in [-0.1, -0.05) is 17.7 Å². The number of furan rings is 1. The van der Waals surface area contributed by atoms with Gasteiger partial charge in [0.25, 0.3) is 0 Å². The number of hydrogen-bond acceptors (Lipinski definition) is 3. The molecule has 2 rings (SSSR count). The summed E-state index contributed by atoms with van der Waals surface area (Å²) >= 11 is 8.98. The largest absolute Gasteiger partial charge is 0.457 e. The van der Waals surface area contributed by atoms with E-state index in [2.05, 4.69) is 21.4 Å². The molecule has 0 aliphatic heterocycles. The van der Waals surface area contributed by atoms with Crippen LogP contribution in [0, 0.1) is 5.82 Å². The van der Waals surface area contributed by atoms with E-state index in [-0.39, 0.29) is 11.9 Å². The molecule has 0 amide bonds. The molecule has 0 spiro atoms. The Morgan fingerprint density at radius 3 is 2.78 bits per heavy atom. The number of hydrazine groups is 1. The van der Waals surface area contributed by atoms with Crippen molar-refractivity contribution in [3.8, 4) is 0 Å². The van der Waals surface area contributed by atoms with E-state index in [0.717, 1.165) is 5.56 Å². The third-order valence-electron chi connectivity index (χ3n) is 2.66. The molecule has 18 heavy (non-hydrogen) atoms. The Hall–Kier alpha value is -0.880. The molecule has 0 aliphatic carbocycles. The molecule has 1 heterocycles. The summed E-state index contributed by atoms with van der Waals surface area (Å²) in [5.74, 6) is 5.15. The van der Waals surface area contributed by atoms with E-state index in [1.165, 1.54) is 6.07 Å². The summed E-state index contributed by atoms with van der Waals surface area (Å²) in [6.07, 6.45) is 1.94. The van der Waals surface area contributed by atoms with Crippen molar-refractivity contribution in [2.75, 3.05) is 0 Å². The molecule has 1 aromatic heterocycles. The minimum atomic E-state index is -0.345. The topological polar surface area (TPSA) is 51.2 Å². The third-order valence-corrected chi connectivity index (χ3v) is 3.54. The van der Waals surface area contributed by atoms with Gasteiger partial charge in [0.1, 0.15) is 5.82 Å². The molecule has 1 aromatic carbocycles. The van der Waals surface area contributed by atoms with Gasteiger partial charge in [0.05, 0.1) is 12.3 Å². The van der Waals surface area contributed by atoms with Crippen LogP contribution in [0.1, 0.15) is 17.2 Å². The molecule has 0 saturated heterocycles. The maximum absolute atomic E-state index is 13.7. The van der Waals surface area contributed by atoms with Crippen molar-refractivity contribution in [3.63, 3.8) is 0 Å². The van der Waals surface area contributed by atoms with E-state index >= 15 is 0 Å². The molecule has 3 nitrogen and oxygen atoms in total. The van der Waals surface area contributed by atoms with E-state index in [9.17, 15) is 4.39 Å². The summed E-state index contributed by atoms with van der Waals surface area (Å²) in [5.41, 5.74) is 4.02. The fraction of sp³-hybridized carbons (Fsp3) is 0.167. The first-order chi connectivity index (χ1) is 8.61. The lowest BCUT2D eigenvalue weighted by Gasteiger charge is -2.15. The molecule has 0 fully saturated rings. The Balaban J connectivity index is 2.23. The van der Waals surface area contributed by atoms with Gasteiger partial charge in [0.15, 0.2) is 4.67 Å². The van der Waals surface area contributed by atoms with E-state index in [0.29, 0.717) is 21.7 Å². The zero-order valence-corrected chi connectivity index (χ0v) is 11.6. The highest BCUT2D eigenvalue weighted by Gasteiger charge is 2.17. The van der Waals surface area contributed by atoms with Crippen molar-refractivity contribution in [2.24, 2.45) is 5.84 Å². The van der Waals surface area contributed by atoms with Crippen molar-refractivity contribution in [3.05, 3.63) is 57.2 Å². The van der Waals surface area contributed by atoms with Crippen LogP contribution in [0.2, 0.25) is 5.02 Å². The van der Waals surface area contributed by atoms with Gasteiger partial charge in [0, 0.05) is 10.6 Å². The summed E-state index contributed by atoms with van der Waals surface area (Å²) in [6, 6.07) is 6.12. The summed E-state index contributed by atoms with van der Waals surface area (Å²) in [7, 11) is 0. The number of hydrogen-bond donors (Lipinski definition) is 2. The van der Waals surface area contributed by atoms with Crippen LogP contribution in [0.25, 0.3) is 0 Å². The van der Waals surface area contributed by atoms with E-state index in [4.69, 9.17) is 21.9 Å². The number of halogens is 3. The fourth-order valence-corrected chi connectivity index (χ4v) is 2.39. The van der Waals surface area contributed by atoms with E-state index in [1.807, 2.05) is 0 Å². The minimum absolute atomic E-state index is 0.242. The lowest BCUT2D eigenvalue weighted by molar-refractivity contribution is 0.499. The Morgan fingerprint density at radius 1 is 1.44 bits per heavy atom. The highest BCUT2D eigenvalue weighted by molar-refractivity contribution is 9.10. The smallest absolute Gasteiger partial charge is 0.173 e. The van der Waals surface area contributed by atoms with Crippen LogP contribution in [-0.2, 0) is 6.42 Å². The normalized spacial score (nSPS) is 12.7. The van der Waals surface area contributed by atoms with Gasteiger partial charge in [-0.3, -0.25) is 11.3 Å². The number of nitrogens with two attached hydrogens (primary N) is 1. The monoisotopic (exact) mass is 332 g/mol. The maximum Gasteiger partial charge on any atom is 0.173 e. The maximum atomic E-state index is 13.7. The molecule has 6 heteroatoms.